The van der Waals surface area contributed by atoms with Crippen LogP contribution in [-0.4, -0.2) is 50.9 Å². The van der Waals surface area contributed by atoms with Crippen LogP contribution in [-0.2, 0) is 21.4 Å². The van der Waals surface area contributed by atoms with E-state index in [9.17, 15) is 31.5 Å². The number of carbonyl (C=O) groups is 2. The summed E-state index contributed by atoms with van der Waals surface area (Å²) >= 11 is 6.03. The standard InChI is InChI=1S/C22H21ClN2O5S.C2HF3O2/c1-25(14-15-6-4-3-5-7-15)20-10-8-16(12-18(20)22(26)27)24-31(28,29)17-9-11-21(30-2)19(23)13-17;3-2(4,5)1(6)7/h3-13,24H,14H2,1-2H3,(H,26,27);(H,6,7). The fourth-order valence-corrected chi connectivity index (χ4v) is 4.47. The van der Waals surface area contributed by atoms with E-state index >= 15 is 0 Å². The molecule has 9 nitrogen and oxygen atoms in total. The van der Waals surface area contributed by atoms with Crippen LogP contribution in [0.1, 0.15) is 15.9 Å². The number of carboxylic acid groups (broad SMARTS) is 2. The van der Waals surface area contributed by atoms with E-state index in [1.165, 1.54) is 37.4 Å². The molecular formula is C24H22ClF3N2O7S. The van der Waals surface area contributed by atoms with Crippen molar-refractivity contribution >= 4 is 44.9 Å². The summed E-state index contributed by atoms with van der Waals surface area (Å²) < 4.78 is 64.6. The monoisotopic (exact) mass is 574 g/mol. The Bertz CT molecular complexity index is 1400. The Balaban J connectivity index is 0.000000638. The predicted octanol–water partition coefficient (Wildman–Crippen LogP) is 5.12. The molecule has 0 atom stereocenters. The second-order valence-corrected chi connectivity index (χ2v) is 9.67. The van der Waals surface area contributed by atoms with Gasteiger partial charge in [-0.25, -0.2) is 18.0 Å². The predicted molar refractivity (Wildman–Crippen MR) is 134 cm³/mol. The number of aliphatic carboxylic acids is 1. The van der Waals surface area contributed by atoms with Crippen molar-refractivity contribution in [1.82, 2.24) is 0 Å². The number of nitrogens with one attached hydrogen (secondary N) is 1. The fourth-order valence-electron chi connectivity index (χ4n) is 3.07. The van der Waals surface area contributed by atoms with Crippen LogP contribution in [0.5, 0.6) is 5.75 Å². The van der Waals surface area contributed by atoms with Gasteiger partial charge in [-0.1, -0.05) is 41.9 Å². The Morgan fingerprint density at radius 1 is 1.03 bits per heavy atom. The van der Waals surface area contributed by atoms with Crippen LogP contribution >= 0.6 is 11.6 Å². The number of benzene rings is 3. The van der Waals surface area contributed by atoms with Crippen LogP contribution in [0.3, 0.4) is 0 Å². The van der Waals surface area contributed by atoms with Gasteiger partial charge in [0.05, 0.1) is 28.3 Å². The average Bonchev–Trinajstić information content (AvgIpc) is 2.84. The van der Waals surface area contributed by atoms with E-state index in [2.05, 4.69) is 4.72 Å². The average molecular weight is 575 g/mol. The van der Waals surface area contributed by atoms with Crippen LogP contribution in [0.15, 0.2) is 71.6 Å². The smallest absolute Gasteiger partial charge is 0.490 e. The number of nitrogens with zero attached hydrogens (tertiary/aromatic N) is 1. The van der Waals surface area contributed by atoms with Crippen LogP contribution < -0.4 is 14.4 Å². The molecule has 204 valence electrons. The minimum absolute atomic E-state index is 0.0219. The summed E-state index contributed by atoms with van der Waals surface area (Å²) in [5.41, 5.74) is 1.59. The molecule has 3 rings (SSSR count). The molecule has 3 aromatic carbocycles. The van der Waals surface area contributed by atoms with Crippen LogP contribution in [0.4, 0.5) is 24.5 Å². The maximum atomic E-state index is 12.7. The maximum Gasteiger partial charge on any atom is 0.490 e. The van der Waals surface area contributed by atoms with E-state index in [-0.39, 0.29) is 21.2 Å². The number of rotatable bonds is 8. The van der Waals surface area contributed by atoms with E-state index in [0.29, 0.717) is 18.0 Å². The molecule has 0 saturated carbocycles. The lowest BCUT2D eigenvalue weighted by atomic mass is 10.1. The lowest BCUT2D eigenvalue weighted by Crippen LogP contribution is -2.21. The van der Waals surface area contributed by atoms with Crippen molar-refractivity contribution in [2.24, 2.45) is 0 Å². The molecule has 0 aromatic heterocycles. The Morgan fingerprint density at radius 2 is 1.63 bits per heavy atom. The molecule has 0 aliphatic carbocycles. The van der Waals surface area contributed by atoms with E-state index < -0.39 is 28.1 Å². The van der Waals surface area contributed by atoms with Crippen molar-refractivity contribution in [2.45, 2.75) is 17.6 Å². The highest BCUT2D eigenvalue weighted by Gasteiger charge is 2.38. The van der Waals surface area contributed by atoms with Gasteiger partial charge in [0.2, 0.25) is 0 Å². The van der Waals surface area contributed by atoms with Gasteiger partial charge >= 0.3 is 18.1 Å². The van der Waals surface area contributed by atoms with Gasteiger partial charge in [0.1, 0.15) is 5.75 Å². The topological polar surface area (TPSA) is 133 Å². The molecular weight excluding hydrogens is 553 g/mol. The van der Waals surface area contributed by atoms with Gasteiger partial charge in [0.25, 0.3) is 10.0 Å². The molecule has 0 aliphatic heterocycles. The second kappa shape index (κ2) is 12.5. The van der Waals surface area contributed by atoms with Crippen molar-refractivity contribution in [3.63, 3.8) is 0 Å². The molecule has 0 radical (unpaired) electrons. The highest BCUT2D eigenvalue weighted by Crippen LogP contribution is 2.29. The Labute approximate surface area is 221 Å². The van der Waals surface area contributed by atoms with Gasteiger partial charge < -0.3 is 19.8 Å². The molecule has 0 unspecified atom stereocenters. The molecule has 14 heteroatoms. The van der Waals surface area contributed by atoms with Crippen molar-refractivity contribution in [3.05, 3.63) is 82.9 Å². The summed E-state index contributed by atoms with van der Waals surface area (Å²) in [6.45, 7) is 0.497. The Morgan fingerprint density at radius 3 is 2.13 bits per heavy atom. The van der Waals surface area contributed by atoms with E-state index in [1.54, 1.807) is 18.0 Å². The van der Waals surface area contributed by atoms with Gasteiger partial charge in [-0.3, -0.25) is 4.72 Å². The first-order valence-corrected chi connectivity index (χ1v) is 12.3. The first-order chi connectivity index (χ1) is 17.7. The minimum atomic E-state index is -5.08. The number of hydrogen-bond acceptors (Lipinski definition) is 6. The number of aromatic carboxylic acids is 1. The summed E-state index contributed by atoms with van der Waals surface area (Å²) in [4.78, 5) is 22.5. The highest BCUT2D eigenvalue weighted by atomic mass is 35.5. The minimum Gasteiger partial charge on any atom is -0.495 e. The molecule has 0 fully saturated rings. The summed E-state index contributed by atoms with van der Waals surface area (Å²) in [6, 6.07) is 18.1. The van der Waals surface area contributed by atoms with Gasteiger partial charge in [-0.15, -0.1) is 0 Å². The molecule has 0 amide bonds. The third kappa shape index (κ3) is 8.28. The van der Waals surface area contributed by atoms with Gasteiger partial charge in [-0.05, 0) is 42.0 Å². The normalized spacial score (nSPS) is 11.1. The quantitative estimate of drug-likeness (QED) is 0.338. The summed E-state index contributed by atoms with van der Waals surface area (Å²) in [6.07, 6.45) is -5.08. The number of halogens is 4. The van der Waals surface area contributed by atoms with Gasteiger partial charge in [-0.2, -0.15) is 13.2 Å². The van der Waals surface area contributed by atoms with Crippen molar-refractivity contribution < 1.29 is 46.1 Å². The van der Waals surface area contributed by atoms with E-state index in [4.69, 9.17) is 26.2 Å². The molecule has 0 saturated heterocycles. The molecule has 3 N–H and O–H groups in total. The van der Waals surface area contributed by atoms with Crippen molar-refractivity contribution in [1.29, 1.82) is 0 Å². The largest absolute Gasteiger partial charge is 0.495 e. The molecule has 0 spiro atoms. The van der Waals surface area contributed by atoms with E-state index in [0.717, 1.165) is 5.56 Å². The number of hydrogen-bond donors (Lipinski definition) is 3. The Kier molecular flexibility index (Phi) is 9.97. The number of carboxylic acids is 2. The third-order valence-electron chi connectivity index (χ3n) is 4.83. The number of anilines is 2. The van der Waals surface area contributed by atoms with Crippen LogP contribution in [0.2, 0.25) is 5.02 Å². The zero-order chi connectivity index (χ0) is 28.7. The highest BCUT2D eigenvalue weighted by molar-refractivity contribution is 7.92. The number of alkyl halides is 3. The zero-order valence-corrected chi connectivity index (χ0v) is 21.4. The zero-order valence-electron chi connectivity index (χ0n) is 19.9. The third-order valence-corrected chi connectivity index (χ3v) is 6.50. The lowest BCUT2D eigenvalue weighted by Gasteiger charge is -2.22. The fraction of sp³-hybridized carbons (Fsp3) is 0.167. The molecule has 3 aromatic rings. The van der Waals surface area contributed by atoms with Crippen LogP contribution in [0.25, 0.3) is 0 Å². The number of methoxy groups -OCH3 is 1. The van der Waals surface area contributed by atoms with Crippen molar-refractivity contribution in [3.8, 4) is 5.75 Å². The summed E-state index contributed by atoms with van der Waals surface area (Å²) in [5.74, 6) is -3.57. The first kappa shape index (κ1) is 30.3. The lowest BCUT2D eigenvalue weighted by molar-refractivity contribution is -0.192. The SMILES string of the molecule is COc1ccc(S(=O)(=O)Nc2ccc(N(C)Cc3ccccc3)c(C(=O)O)c2)cc1Cl.O=C(O)C(F)(F)F. The van der Waals surface area contributed by atoms with Crippen molar-refractivity contribution in [2.75, 3.05) is 23.8 Å². The van der Waals surface area contributed by atoms with Crippen LogP contribution in [0, 0.1) is 0 Å². The van der Waals surface area contributed by atoms with Gasteiger partial charge in [0, 0.05) is 19.3 Å². The molecule has 0 heterocycles. The number of ether oxygens (including phenoxy) is 1. The first-order valence-electron chi connectivity index (χ1n) is 10.4. The number of sulfonamides is 1. The molecule has 38 heavy (non-hydrogen) atoms. The molecule has 0 aliphatic rings. The second-order valence-electron chi connectivity index (χ2n) is 7.58. The van der Waals surface area contributed by atoms with E-state index in [1.807, 2.05) is 30.3 Å². The maximum absolute atomic E-state index is 12.7. The molecule has 0 bridgehead atoms. The Hall–Kier alpha value is -3.97. The summed E-state index contributed by atoms with van der Waals surface area (Å²) in [5, 5.41) is 17.0. The summed E-state index contributed by atoms with van der Waals surface area (Å²) in [7, 11) is -0.778. The van der Waals surface area contributed by atoms with Gasteiger partial charge in [0.15, 0.2) is 0 Å².